The monoisotopic (exact) mass is 180 g/mol. The Balaban J connectivity index is 1.90. The molecule has 1 N–H and O–H groups in total. The van der Waals surface area contributed by atoms with Gasteiger partial charge in [0.25, 0.3) is 0 Å². The summed E-state index contributed by atoms with van der Waals surface area (Å²) < 4.78 is 0. The number of hydrogen-bond donors (Lipinski definition) is 1. The summed E-state index contributed by atoms with van der Waals surface area (Å²) in [6, 6.07) is 0.851. The molecule has 0 aromatic heterocycles. The summed E-state index contributed by atoms with van der Waals surface area (Å²) in [6.07, 6.45) is 9.92. The highest BCUT2D eigenvalue weighted by atomic mass is 14.9. The highest BCUT2D eigenvalue weighted by molar-refractivity contribution is 4.91. The second-order valence-electron chi connectivity index (χ2n) is 4.72. The van der Waals surface area contributed by atoms with Crippen LogP contribution < -0.4 is 5.32 Å². The van der Waals surface area contributed by atoms with Crippen molar-refractivity contribution in [1.82, 2.24) is 5.32 Å². The van der Waals surface area contributed by atoms with Crippen molar-refractivity contribution >= 4 is 0 Å². The van der Waals surface area contributed by atoms with Gasteiger partial charge in [-0.25, -0.2) is 0 Å². The van der Waals surface area contributed by atoms with E-state index in [9.17, 15) is 0 Å². The fraction of sp³-hybridized carbons (Fsp3) is 0.917. The molecular formula is C12H22N. The second-order valence-corrected chi connectivity index (χ2v) is 4.72. The molecule has 0 saturated heterocycles. The van der Waals surface area contributed by atoms with Crippen molar-refractivity contribution in [3.63, 3.8) is 0 Å². The molecule has 2 bridgehead atoms. The predicted molar refractivity (Wildman–Crippen MR) is 56.4 cm³/mol. The molecule has 75 valence electrons. The van der Waals surface area contributed by atoms with Gasteiger partial charge in [0.15, 0.2) is 0 Å². The minimum Gasteiger partial charge on any atom is -0.313 e. The number of fused-ring (bicyclic) bond motifs is 2. The Bertz CT molecular complexity index is 133. The van der Waals surface area contributed by atoms with Crippen molar-refractivity contribution in [2.24, 2.45) is 11.8 Å². The molecule has 13 heavy (non-hydrogen) atoms. The van der Waals surface area contributed by atoms with Crippen molar-refractivity contribution in [1.29, 1.82) is 0 Å². The predicted octanol–water partition coefficient (Wildman–Crippen LogP) is 2.77. The fourth-order valence-electron chi connectivity index (χ4n) is 3.28. The van der Waals surface area contributed by atoms with Crippen LogP contribution in [0.25, 0.3) is 0 Å². The van der Waals surface area contributed by atoms with Crippen LogP contribution in [0, 0.1) is 18.8 Å². The van der Waals surface area contributed by atoms with E-state index < -0.39 is 0 Å². The third kappa shape index (κ3) is 2.07. The molecule has 0 heterocycles. The van der Waals surface area contributed by atoms with Gasteiger partial charge in [-0.05, 0) is 50.5 Å². The molecule has 0 aromatic carbocycles. The van der Waals surface area contributed by atoms with E-state index in [2.05, 4.69) is 12.2 Å². The molecule has 2 saturated carbocycles. The van der Waals surface area contributed by atoms with Crippen molar-refractivity contribution in [3.8, 4) is 0 Å². The van der Waals surface area contributed by atoms with Crippen LogP contribution in [0.5, 0.6) is 0 Å². The Morgan fingerprint density at radius 3 is 2.00 bits per heavy atom. The number of nitrogens with one attached hydrogen (secondary N) is 1. The molecule has 0 amide bonds. The molecular weight excluding hydrogens is 158 g/mol. The lowest BCUT2D eigenvalue weighted by molar-refractivity contribution is 0.124. The zero-order chi connectivity index (χ0) is 9.10. The summed E-state index contributed by atoms with van der Waals surface area (Å²) in [5.74, 6) is 2.00. The summed E-state index contributed by atoms with van der Waals surface area (Å²) >= 11 is 0. The molecule has 0 aromatic rings. The average Bonchev–Trinajstić information content (AvgIpc) is 2.14. The summed E-state index contributed by atoms with van der Waals surface area (Å²) in [5, 5.41) is 3.71. The van der Waals surface area contributed by atoms with Crippen molar-refractivity contribution in [3.05, 3.63) is 6.92 Å². The van der Waals surface area contributed by atoms with E-state index >= 15 is 0 Å². The lowest BCUT2D eigenvalue weighted by atomic mass is 9.68. The van der Waals surface area contributed by atoms with Crippen LogP contribution in [-0.4, -0.2) is 12.6 Å². The summed E-state index contributed by atoms with van der Waals surface area (Å²) in [4.78, 5) is 0. The van der Waals surface area contributed by atoms with E-state index in [0.717, 1.165) is 30.8 Å². The van der Waals surface area contributed by atoms with Crippen molar-refractivity contribution in [2.75, 3.05) is 6.54 Å². The highest BCUT2D eigenvalue weighted by Crippen LogP contribution is 2.39. The standard InChI is InChI=1S/C12H22N/c1-2-9-13-12-10-5-3-6-11(12)8-4-7-10/h10-13H,1-9H2. The topological polar surface area (TPSA) is 12.0 Å². The summed E-state index contributed by atoms with van der Waals surface area (Å²) in [7, 11) is 0. The zero-order valence-corrected chi connectivity index (χ0v) is 8.60. The molecule has 1 heteroatoms. The van der Waals surface area contributed by atoms with E-state index in [1.54, 1.807) is 0 Å². The van der Waals surface area contributed by atoms with Gasteiger partial charge in [0.1, 0.15) is 0 Å². The molecule has 2 aliphatic rings. The Morgan fingerprint density at radius 2 is 1.54 bits per heavy atom. The van der Waals surface area contributed by atoms with Gasteiger partial charge in [-0.3, -0.25) is 0 Å². The third-order valence-electron chi connectivity index (χ3n) is 3.87. The van der Waals surface area contributed by atoms with Crippen LogP contribution in [0.3, 0.4) is 0 Å². The van der Waals surface area contributed by atoms with Gasteiger partial charge in [-0.1, -0.05) is 19.8 Å². The van der Waals surface area contributed by atoms with Crippen LogP contribution in [0.2, 0.25) is 0 Å². The van der Waals surface area contributed by atoms with Crippen LogP contribution >= 0.6 is 0 Å². The first-order chi connectivity index (χ1) is 6.42. The van der Waals surface area contributed by atoms with E-state index in [-0.39, 0.29) is 0 Å². The van der Waals surface area contributed by atoms with Crippen LogP contribution in [0.4, 0.5) is 0 Å². The molecule has 1 nitrogen and oxygen atoms in total. The number of rotatable bonds is 3. The van der Waals surface area contributed by atoms with Crippen LogP contribution in [-0.2, 0) is 0 Å². The molecule has 0 unspecified atom stereocenters. The third-order valence-corrected chi connectivity index (χ3v) is 3.87. The van der Waals surface area contributed by atoms with E-state index in [1.807, 2.05) is 0 Å². The van der Waals surface area contributed by atoms with Gasteiger partial charge in [0.05, 0.1) is 0 Å². The van der Waals surface area contributed by atoms with Gasteiger partial charge in [-0.2, -0.15) is 0 Å². The average molecular weight is 180 g/mol. The Hall–Kier alpha value is -0.0400. The molecule has 0 atom stereocenters. The minimum atomic E-state index is 0.851. The summed E-state index contributed by atoms with van der Waals surface area (Å²) in [6.45, 7) is 5.02. The summed E-state index contributed by atoms with van der Waals surface area (Å²) in [5.41, 5.74) is 0. The SMILES string of the molecule is [CH2]CCNC1C2CCCC1CCC2. The van der Waals surface area contributed by atoms with E-state index in [1.165, 1.54) is 38.5 Å². The maximum absolute atomic E-state index is 3.90. The lowest BCUT2D eigenvalue weighted by Crippen LogP contribution is -2.47. The largest absolute Gasteiger partial charge is 0.313 e. The quantitative estimate of drug-likeness (QED) is 0.704. The maximum atomic E-state index is 3.90. The lowest BCUT2D eigenvalue weighted by Gasteiger charge is -2.43. The molecule has 2 rings (SSSR count). The highest BCUT2D eigenvalue weighted by Gasteiger charge is 2.35. The normalized spacial score (nSPS) is 39.0. The molecule has 0 aliphatic heterocycles. The van der Waals surface area contributed by atoms with Crippen molar-refractivity contribution < 1.29 is 0 Å². The van der Waals surface area contributed by atoms with Crippen molar-refractivity contribution in [2.45, 2.75) is 51.0 Å². The molecule has 2 aliphatic carbocycles. The molecule has 1 radical (unpaired) electrons. The first-order valence-electron chi connectivity index (χ1n) is 5.94. The maximum Gasteiger partial charge on any atom is 0.0124 e. The zero-order valence-electron chi connectivity index (χ0n) is 8.60. The first kappa shape index (κ1) is 9.51. The smallest absolute Gasteiger partial charge is 0.0124 e. The van der Waals surface area contributed by atoms with Gasteiger partial charge < -0.3 is 5.32 Å². The van der Waals surface area contributed by atoms with Crippen LogP contribution in [0.1, 0.15) is 44.9 Å². The molecule has 2 fully saturated rings. The Labute approximate surface area is 82.3 Å². The first-order valence-corrected chi connectivity index (χ1v) is 5.94. The molecule has 0 spiro atoms. The van der Waals surface area contributed by atoms with Gasteiger partial charge in [0, 0.05) is 6.04 Å². The minimum absolute atomic E-state index is 0.851. The number of hydrogen-bond acceptors (Lipinski definition) is 1. The van der Waals surface area contributed by atoms with Crippen LogP contribution in [0.15, 0.2) is 0 Å². The van der Waals surface area contributed by atoms with Gasteiger partial charge in [-0.15, -0.1) is 0 Å². The van der Waals surface area contributed by atoms with Gasteiger partial charge in [0.2, 0.25) is 0 Å². The van der Waals surface area contributed by atoms with E-state index in [4.69, 9.17) is 0 Å². The Kier molecular flexibility index (Phi) is 3.26. The van der Waals surface area contributed by atoms with E-state index in [0.29, 0.717) is 0 Å². The fourth-order valence-corrected chi connectivity index (χ4v) is 3.28. The second kappa shape index (κ2) is 4.45. The van der Waals surface area contributed by atoms with Gasteiger partial charge >= 0.3 is 0 Å². The Morgan fingerprint density at radius 1 is 1.00 bits per heavy atom.